The number of hydrogen-bond donors (Lipinski definition) is 3. The summed E-state index contributed by atoms with van der Waals surface area (Å²) in [4.78, 5) is 13.4. The third-order valence-corrected chi connectivity index (χ3v) is 5.61. The van der Waals surface area contributed by atoms with Gasteiger partial charge in [-0.2, -0.15) is 4.98 Å². The van der Waals surface area contributed by atoms with Crippen molar-refractivity contribution >= 4 is 49.1 Å². The number of hydrogen-bond acceptors (Lipinski definition) is 7. The predicted molar refractivity (Wildman–Crippen MR) is 110 cm³/mol. The van der Waals surface area contributed by atoms with Gasteiger partial charge in [-0.3, -0.25) is 4.99 Å². The molecule has 2 aromatic rings. The molecule has 0 radical (unpaired) electrons. The lowest BCUT2D eigenvalue weighted by molar-refractivity contribution is 0.598. The molecule has 0 amide bonds. The van der Waals surface area contributed by atoms with Gasteiger partial charge in [0, 0.05) is 17.6 Å². The van der Waals surface area contributed by atoms with Crippen molar-refractivity contribution in [1.29, 1.82) is 0 Å². The average molecular weight is 453 g/mol. The highest BCUT2D eigenvalue weighted by molar-refractivity contribution is 9.10. The highest BCUT2D eigenvalue weighted by Crippen LogP contribution is 2.25. The van der Waals surface area contributed by atoms with E-state index in [2.05, 4.69) is 41.5 Å². The van der Waals surface area contributed by atoms with E-state index in [4.69, 9.17) is 5.14 Å². The molecule has 1 aromatic carbocycles. The molecule has 1 fully saturated rings. The minimum atomic E-state index is -3.72. The van der Waals surface area contributed by atoms with Crippen molar-refractivity contribution in [2.75, 3.05) is 10.6 Å². The van der Waals surface area contributed by atoms with E-state index in [0.717, 1.165) is 10.2 Å². The fourth-order valence-electron chi connectivity index (χ4n) is 2.30. The molecule has 27 heavy (non-hydrogen) atoms. The molecule has 1 heterocycles. The molecule has 10 heteroatoms. The number of sulfonamides is 1. The lowest BCUT2D eigenvalue weighted by atomic mass is 10.2. The number of primary sulfonamides is 1. The number of aromatic nitrogens is 2. The van der Waals surface area contributed by atoms with Gasteiger partial charge in [-0.25, -0.2) is 18.5 Å². The van der Waals surface area contributed by atoms with Crippen LogP contribution in [0.2, 0.25) is 0 Å². The van der Waals surface area contributed by atoms with Crippen LogP contribution >= 0.6 is 15.9 Å². The maximum absolute atomic E-state index is 11.3. The molecule has 3 rings (SSSR count). The van der Waals surface area contributed by atoms with Crippen LogP contribution in [-0.2, 0) is 10.0 Å². The number of halogens is 1. The van der Waals surface area contributed by atoms with Crippen LogP contribution in [0.25, 0.3) is 0 Å². The van der Waals surface area contributed by atoms with Gasteiger partial charge in [0.05, 0.1) is 21.5 Å². The molecule has 0 bridgehead atoms. The molecule has 1 saturated carbocycles. The van der Waals surface area contributed by atoms with Crippen LogP contribution < -0.4 is 15.8 Å². The van der Waals surface area contributed by atoms with Gasteiger partial charge in [-0.1, -0.05) is 0 Å². The minimum absolute atomic E-state index is 0.0405. The summed E-state index contributed by atoms with van der Waals surface area (Å²) in [7, 11) is -3.72. The normalized spacial score (nSPS) is 16.1. The summed E-state index contributed by atoms with van der Waals surface area (Å²) < 4.78 is 23.4. The number of nitrogens with one attached hydrogen (secondary N) is 2. The summed E-state index contributed by atoms with van der Waals surface area (Å²) in [5.41, 5.74) is 1.69. The Hall–Kier alpha value is -2.04. The van der Waals surface area contributed by atoms with Gasteiger partial charge in [0.2, 0.25) is 16.0 Å². The number of anilines is 3. The standard InChI is InChI=1S/C17H21BrN6O2S/c1-10(21-12-3-4-12)11(2)22-16-15(18)9-20-17(24-16)23-13-5-7-14(8-6-13)27(19,25)26/h5-9,11-12H,3-4H2,1-2H3,(H2,19,25,26)(H2,20,22,23,24). The third kappa shape index (κ3) is 5.47. The molecular formula is C17H21BrN6O2S. The van der Waals surface area contributed by atoms with E-state index >= 15 is 0 Å². The highest BCUT2D eigenvalue weighted by Gasteiger charge is 2.21. The summed E-state index contributed by atoms with van der Waals surface area (Å²) >= 11 is 3.45. The van der Waals surface area contributed by atoms with Crippen LogP contribution in [0, 0.1) is 0 Å². The molecule has 144 valence electrons. The topological polar surface area (TPSA) is 122 Å². The molecule has 1 unspecified atom stereocenters. The summed E-state index contributed by atoms with van der Waals surface area (Å²) in [5.74, 6) is 1.03. The zero-order valence-corrected chi connectivity index (χ0v) is 17.4. The Morgan fingerprint density at radius 2 is 2.00 bits per heavy atom. The van der Waals surface area contributed by atoms with Gasteiger partial charge >= 0.3 is 0 Å². The number of benzene rings is 1. The van der Waals surface area contributed by atoms with Crippen molar-refractivity contribution in [3.63, 3.8) is 0 Å². The van der Waals surface area contributed by atoms with Crippen molar-refractivity contribution in [2.24, 2.45) is 10.1 Å². The first-order valence-electron chi connectivity index (χ1n) is 8.45. The zero-order chi connectivity index (χ0) is 19.6. The SMILES string of the molecule is CC(=NC1CC1)C(C)Nc1nc(Nc2ccc(S(N)(=O)=O)cc2)ncc1Br. The Balaban J connectivity index is 1.72. The Bertz CT molecular complexity index is 958. The Labute approximate surface area is 166 Å². The Kier molecular flexibility index (Phi) is 5.78. The van der Waals surface area contributed by atoms with Gasteiger partial charge in [0.25, 0.3) is 0 Å². The van der Waals surface area contributed by atoms with Crippen LogP contribution in [0.1, 0.15) is 26.7 Å². The van der Waals surface area contributed by atoms with Crippen molar-refractivity contribution in [3.05, 3.63) is 34.9 Å². The van der Waals surface area contributed by atoms with E-state index in [0.29, 0.717) is 23.5 Å². The minimum Gasteiger partial charge on any atom is -0.361 e. The second kappa shape index (κ2) is 7.91. The van der Waals surface area contributed by atoms with Gasteiger partial charge < -0.3 is 10.6 Å². The molecule has 1 aliphatic rings. The lowest BCUT2D eigenvalue weighted by Crippen LogP contribution is -2.25. The Morgan fingerprint density at radius 1 is 1.33 bits per heavy atom. The van der Waals surface area contributed by atoms with Gasteiger partial charge in [0.1, 0.15) is 5.82 Å². The van der Waals surface area contributed by atoms with Crippen LogP contribution in [0.5, 0.6) is 0 Å². The second-order valence-corrected chi connectivity index (χ2v) is 8.87. The maximum Gasteiger partial charge on any atom is 0.238 e. The van der Waals surface area contributed by atoms with E-state index in [-0.39, 0.29) is 10.9 Å². The van der Waals surface area contributed by atoms with Crippen molar-refractivity contribution < 1.29 is 8.42 Å². The molecule has 1 aromatic heterocycles. The largest absolute Gasteiger partial charge is 0.361 e. The fraction of sp³-hybridized carbons (Fsp3) is 0.353. The van der Waals surface area contributed by atoms with Crippen molar-refractivity contribution in [2.45, 2.75) is 43.7 Å². The summed E-state index contributed by atoms with van der Waals surface area (Å²) in [5, 5.41) is 11.5. The summed E-state index contributed by atoms with van der Waals surface area (Å²) in [6.45, 7) is 4.05. The van der Waals surface area contributed by atoms with Crippen LogP contribution in [0.3, 0.4) is 0 Å². The molecule has 0 spiro atoms. The molecule has 4 N–H and O–H groups in total. The van der Waals surface area contributed by atoms with Crippen LogP contribution in [-0.4, -0.2) is 36.2 Å². The predicted octanol–water partition coefficient (Wildman–Crippen LogP) is 3.05. The third-order valence-electron chi connectivity index (χ3n) is 4.10. The first-order valence-corrected chi connectivity index (χ1v) is 10.8. The molecule has 0 aliphatic heterocycles. The zero-order valence-electron chi connectivity index (χ0n) is 15.0. The number of nitrogens with zero attached hydrogens (tertiary/aromatic N) is 3. The number of nitrogens with two attached hydrogens (primary N) is 1. The molecule has 8 nitrogen and oxygen atoms in total. The van der Waals surface area contributed by atoms with Crippen molar-refractivity contribution in [1.82, 2.24) is 9.97 Å². The van der Waals surface area contributed by atoms with E-state index in [1.807, 2.05) is 13.8 Å². The first kappa shape index (κ1) is 19.7. The quantitative estimate of drug-likeness (QED) is 0.554. The lowest BCUT2D eigenvalue weighted by Gasteiger charge is -2.16. The van der Waals surface area contributed by atoms with E-state index in [9.17, 15) is 8.42 Å². The maximum atomic E-state index is 11.3. The highest BCUT2D eigenvalue weighted by atomic mass is 79.9. The first-order chi connectivity index (χ1) is 12.7. The second-order valence-electron chi connectivity index (χ2n) is 6.45. The Morgan fingerprint density at radius 3 is 2.59 bits per heavy atom. The fourth-order valence-corrected chi connectivity index (χ4v) is 3.12. The van der Waals surface area contributed by atoms with Crippen molar-refractivity contribution in [3.8, 4) is 0 Å². The summed E-state index contributed by atoms with van der Waals surface area (Å²) in [6.07, 6.45) is 3.98. The molecule has 0 saturated heterocycles. The molecule has 1 aliphatic carbocycles. The summed E-state index contributed by atoms with van der Waals surface area (Å²) in [6, 6.07) is 6.57. The van der Waals surface area contributed by atoms with Gasteiger partial charge in [0.15, 0.2) is 0 Å². The van der Waals surface area contributed by atoms with E-state index in [1.54, 1.807) is 18.3 Å². The molecular weight excluding hydrogens is 432 g/mol. The van der Waals surface area contributed by atoms with E-state index < -0.39 is 10.0 Å². The number of rotatable bonds is 7. The monoisotopic (exact) mass is 452 g/mol. The van der Waals surface area contributed by atoms with E-state index in [1.165, 1.54) is 25.0 Å². The van der Waals surface area contributed by atoms with Gasteiger partial charge in [-0.05, 0) is 66.9 Å². The average Bonchev–Trinajstić information content (AvgIpc) is 3.41. The smallest absolute Gasteiger partial charge is 0.238 e. The van der Waals surface area contributed by atoms with Gasteiger partial charge in [-0.15, -0.1) is 0 Å². The van der Waals surface area contributed by atoms with Crippen LogP contribution in [0.4, 0.5) is 17.5 Å². The van der Waals surface area contributed by atoms with Crippen LogP contribution in [0.15, 0.2) is 44.8 Å². The molecule has 1 atom stereocenters. The number of aliphatic imine (C=N–C) groups is 1.